The molecule has 0 aliphatic heterocycles. The predicted molar refractivity (Wildman–Crippen MR) is 124 cm³/mol. The first-order valence-electron chi connectivity index (χ1n) is 11.0. The van der Waals surface area contributed by atoms with E-state index in [0.717, 1.165) is 18.4 Å². The van der Waals surface area contributed by atoms with Crippen LogP contribution in [0.1, 0.15) is 38.7 Å². The molecule has 1 N–H and O–H groups in total. The van der Waals surface area contributed by atoms with E-state index in [4.69, 9.17) is 14.2 Å². The number of nitrogens with one attached hydrogen (secondary N) is 1. The topological polar surface area (TPSA) is 77.1 Å². The number of carbonyl (C=O) groups is 2. The number of methoxy groups -OCH3 is 2. The van der Waals surface area contributed by atoms with Gasteiger partial charge in [-0.1, -0.05) is 44.5 Å². The third kappa shape index (κ3) is 7.18. The van der Waals surface area contributed by atoms with Gasteiger partial charge < -0.3 is 24.4 Å². The Hall–Kier alpha value is -3.22. The van der Waals surface area contributed by atoms with Gasteiger partial charge in [-0.25, -0.2) is 0 Å². The molecule has 0 unspecified atom stereocenters. The Labute approximate surface area is 190 Å². The van der Waals surface area contributed by atoms with Gasteiger partial charge in [-0.15, -0.1) is 0 Å². The number of amides is 2. The average Bonchev–Trinajstić information content (AvgIpc) is 2.82. The van der Waals surface area contributed by atoms with E-state index in [1.807, 2.05) is 43.3 Å². The zero-order valence-electron chi connectivity index (χ0n) is 19.4. The van der Waals surface area contributed by atoms with Crippen molar-refractivity contribution in [3.63, 3.8) is 0 Å². The van der Waals surface area contributed by atoms with Crippen LogP contribution in [0.5, 0.6) is 17.2 Å². The van der Waals surface area contributed by atoms with Crippen LogP contribution in [0.25, 0.3) is 0 Å². The van der Waals surface area contributed by atoms with Crippen molar-refractivity contribution in [3.05, 3.63) is 54.1 Å². The predicted octanol–water partition coefficient (Wildman–Crippen LogP) is 3.81. The van der Waals surface area contributed by atoms with Gasteiger partial charge in [0.15, 0.2) is 18.1 Å². The van der Waals surface area contributed by atoms with E-state index in [2.05, 4.69) is 12.2 Å². The van der Waals surface area contributed by atoms with Crippen molar-refractivity contribution >= 4 is 11.8 Å². The first kappa shape index (κ1) is 25.0. The van der Waals surface area contributed by atoms with E-state index in [-0.39, 0.29) is 25.0 Å². The van der Waals surface area contributed by atoms with Gasteiger partial charge in [0.25, 0.3) is 5.91 Å². The number of ether oxygens (including phenoxy) is 3. The molecule has 2 aromatic carbocycles. The second kappa shape index (κ2) is 13.2. The van der Waals surface area contributed by atoms with Gasteiger partial charge in [0.05, 0.1) is 14.2 Å². The molecule has 7 nitrogen and oxygen atoms in total. The number of hydrogen-bond acceptors (Lipinski definition) is 5. The monoisotopic (exact) mass is 442 g/mol. The van der Waals surface area contributed by atoms with E-state index in [0.29, 0.717) is 30.2 Å². The lowest BCUT2D eigenvalue weighted by molar-refractivity contribution is -0.143. The molecular formula is C25H34N2O5. The molecule has 1 atom stereocenters. The second-order valence-electron chi connectivity index (χ2n) is 7.38. The second-order valence-corrected chi connectivity index (χ2v) is 7.38. The fourth-order valence-electron chi connectivity index (χ4n) is 3.35. The number of rotatable bonds is 13. The maximum absolute atomic E-state index is 13.3. The minimum absolute atomic E-state index is 0.158. The molecule has 2 rings (SSSR count). The van der Waals surface area contributed by atoms with Gasteiger partial charge in [0.1, 0.15) is 11.8 Å². The normalized spacial score (nSPS) is 11.4. The van der Waals surface area contributed by atoms with Crippen LogP contribution in [-0.2, 0) is 16.1 Å². The molecule has 2 aromatic rings. The summed E-state index contributed by atoms with van der Waals surface area (Å²) in [7, 11) is 3.14. The SMILES string of the molecule is CCCCNC(=O)[C@@H](CC)N(Cc1cccc(OC)c1)C(=O)COc1ccccc1OC. The maximum Gasteiger partial charge on any atom is 0.261 e. The van der Waals surface area contributed by atoms with Crippen LogP contribution in [0.4, 0.5) is 0 Å². The number of nitrogens with zero attached hydrogens (tertiary/aromatic N) is 1. The highest BCUT2D eigenvalue weighted by molar-refractivity contribution is 5.88. The van der Waals surface area contributed by atoms with Crippen molar-refractivity contribution in [2.45, 2.75) is 45.7 Å². The highest BCUT2D eigenvalue weighted by Crippen LogP contribution is 2.26. The fraction of sp³-hybridized carbons (Fsp3) is 0.440. The van der Waals surface area contributed by atoms with Crippen molar-refractivity contribution in [2.75, 3.05) is 27.4 Å². The summed E-state index contributed by atoms with van der Waals surface area (Å²) in [6.45, 7) is 4.62. The van der Waals surface area contributed by atoms with Crippen molar-refractivity contribution in [1.29, 1.82) is 0 Å². The summed E-state index contributed by atoms with van der Waals surface area (Å²) >= 11 is 0. The van der Waals surface area contributed by atoms with E-state index in [9.17, 15) is 9.59 Å². The maximum atomic E-state index is 13.3. The van der Waals surface area contributed by atoms with E-state index in [1.54, 1.807) is 31.3 Å². The number of benzene rings is 2. The summed E-state index contributed by atoms with van der Waals surface area (Å²) in [5.74, 6) is 1.28. The molecule has 32 heavy (non-hydrogen) atoms. The average molecular weight is 443 g/mol. The zero-order chi connectivity index (χ0) is 23.3. The van der Waals surface area contributed by atoms with Crippen LogP contribution in [0, 0.1) is 0 Å². The minimum atomic E-state index is -0.605. The fourth-order valence-corrected chi connectivity index (χ4v) is 3.35. The van der Waals surface area contributed by atoms with Gasteiger partial charge in [-0.3, -0.25) is 9.59 Å². The van der Waals surface area contributed by atoms with E-state index < -0.39 is 6.04 Å². The van der Waals surface area contributed by atoms with Crippen LogP contribution in [0.2, 0.25) is 0 Å². The van der Waals surface area contributed by atoms with Gasteiger partial charge >= 0.3 is 0 Å². The Morgan fingerprint density at radius 1 is 1.00 bits per heavy atom. The largest absolute Gasteiger partial charge is 0.497 e. The van der Waals surface area contributed by atoms with Crippen LogP contribution in [-0.4, -0.2) is 50.1 Å². The molecule has 0 bridgehead atoms. The molecule has 0 saturated heterocycles. The van der Waals surface area contributed by atoms with Gasteiger partial charge in [0, 0.05) is 13.1 Å². The molecule has 0 spiro atoms. The first-order valence-corrected chi connectivity index (χ1v) is 11.0. The van der Waals surface area contributed by atoms with Crippen LogP contribution in [0.15, 0.2) is 48.5 Å². The molecule has 0 aliphatic rings. The van der Waals surface area contributed by atoms with Crippen molar-refractivity contribution in [3.8, 4) is 17.2 Å². The Balaban J connectivity index is 2.22. The first-order chi connectivity index (χ1) is 15.5. The molecular weight excluding hydrogens is 408 g/mol. The van der Waals surface area contributed by atoms with Crippen molar-refractivity contribution in [2.24, 2.45) is 0 Å². The van der Waals surface area contributed by atoms with E-state index in [1.165, 1.54) is 0 Å². The summed E-state index contributed by atoms with van der Waals surface area (Å²) in [6.07, 6.45) is 2.36. The molecule has 0 saturated carbocycles. The molecule has 0 fully saturated rings. The Bertz CT molecular complexity index is 871. The van der Waals surface area contributed by atoms with Crippen molar-refractivity contribution < 1.29 is 23.8 Å². The number of hydrogen-bond donors (Lipinski definition) is 1. The van der Waals surface area contributed by atoms with Crippen LogP contribution >= 0.6 is 0 Å². The smallest absolute Gasteiger partial charge is 0.261 e. The highest BCUT2D eigenvalue weighted by Gasteiger charge is 2.29. The molecule has 0 aliphatic carbocycles. The van der Waals surface area contributed by atoms with Gasteiger partial charge in [-0.05, 0) is 42.7 Å². The molecule has 0 heterocycles. The molecule has 7 heteroatoms. The Kier molecular flexibility index (Phi) is 10.4. The number of para-hydroxylation sites is 2. The summed E-state index contributed by atoms with van der Waals surface area (Å²) in [5.41, 5.74) is 0.870. The van der Waals surface area contributed by atoms with Crippen LogP contribution < -0.4 is 19.5 Å². The highest BCUT2D eigenvalue weighted by atomic mass is 16.5. The lowest BCUT2D eigenvalue weighted by Gasteiger charge is -2.30. The molecule has 174 valence electrons. The van der Waals surface area contributed by atoms with Crippen LogP contribution in [0.3, 0.4) is 0 Å². The van der Waals surface area contributed by atoms with Gasteiger partial charge in [-0.2, -0.15) is 0 Å². The lowest BCUT2D eigenvalue weighted by Crippen LogP contribution is -2.50. The number of unbranched alkanes of at least 4 members (excludes halogenated alkanes) is 1. The summed E-state index contributed by atoms with van der Waals surface area (Å²) in [4.78, 5) is 27.7. The number of carbonyl (C=O) groups excluding carboxylic acids is 2. The Morgan fingerprint density at radius 2 is 1.75 bits per heavy atom. The molecule has 0 radical (unpaired) electrons. The molecule has 2 amide bonds. The summed E-state index contributed by atoms with van der Waals surface area (Å²) < 4.78 is 16.4. The molecule has 0 aromatic heterocycles. The summed E-state index contributed by atoms with van der Waals surface area (Å²) in [6, 6.07) is 14.0. The standard InChI is InChI=1S/C25H34N2O5/c1-5-7-15-26-25(29)21(6-2)27(17-19-11-10-12-20(16-19)30-3)24(28)18-32-23-14-9-8-13-22(23)31-4/h8-14,16,21H,5-7,15,17-18H2,1-4H3,(H,26,29)/t21-/m1/s1. The van der Waals surface area contributed by atoms with Crippen molar-refractivity contribution in [1.82, 2.24) is 10.2 Å². The lowest BCUT2D eigenvalue weighted by atomic mass is 10.1. The van der Waals surface area contributed by atoms with Gasteiger partial charge in [0.2, 0.25) is 5.91 Å². The quantitative estimate of drug-likeness (QED) is 0.478. The minimum Gasteiger partial charge on any atom is -0.497 e. The zero-order valence-corrected chi connectivity index (χ0v) is 19.4. The summed E-state index contributed by atoms with van der Waals surface area (Å²) in [5, 5.41) is 2.95. The Morgan fingerprint density at radius 3 is 2.41 bits per heavy atom. The van der Waals surface area contributed by atoms with E-state index >= 15 is 0 Å². The third-order valence-corrected chi connectivity index (χ3v) is 5.12. The third-order valence-electron chi connectivity index (χ3n) is 5.12.